The first-order valence-electron chi connectivity index (χ1n) is 7.20. The molecule has 19 heavy (non-hydrogen) atoms. The molecule has 0 spiro atoms. The van der Waals surface area contributed by atoms with Gasteiger partial charge in [-0.3, -0.25) is 0 Å². The van der Waals surface area contributed by atoms with Crippen LogP contribution in [-0.4, -0.2) is 15.6 Å². The van der Waals surface area contributed by atoms with Crippen LogP contribution < -0.4 is 5.73 Å². The summed E-state index contributed by atoms with van der Waals surface area (Å²) in [5, 5.41) is 0. The number of hydrogen-bond donors (Lipinski definition) is 1. The maximum Gasteiger partial charge on any atom is 0.107 e. The highest BCUT2D eigenvalue weighted by atomic mass is 15.1. The summed E-state index contributed by atoms with van der Waals surface area (Å²) in [4.78, 5) is 4.68. The van der Waals surface area contributed by atoms with Gasteiger partial charge in [-0.1, -0.05) is 32.4 Å². The fraction of sp³-hybridized carbons (Fsp3) is 0.562. The molecular formula is C16H23N3. The van der Waals surface area contributed by atoms with E-state index in [1.54, 1.807) is 0 Å². The second-order valence-corrected chi connectivity index (χ2v) is 6.49. The molecule has 0 bridgehead atoms. The van der Waals surface area contributed by atoms with Gasteiger partial charge < -0.3 is 10.3 Å². The van der Waals surface area contributed by atoms with Crippen molar-refractivity contribution in [3.05, 3.63) is 30.1 Å². The Morgan fingerprint density at radius 3 is 2.84 bits per heavy atom. The van der Waals surface area contributed by atoms with Crippen LogP contribution in [0, 0.1) is 12.3 Å². The number of nitrogens with two attached hydrogens (primary N) is 1. The molecule has 0 saturated heterocycles. The fourth-order valence-electron chi connectivity index (χ4n) is 3.51. The van der Waals surface area contributed by atoms with Crippen LogP contribution in [0.15, 0.2) is 24.3 Å². The van der Waals surface area contributed by atoms with E-state index in [2.05, 4.69) is 48.5 Å². The number of para-hydroxylation sites is 2. The van der Waals surface area contributed by atoms with Crippen molar-refractivity contribution in [1.29, 1.82) is 0 Å². The summed E-state index contributed by atoms with van der Waals surface area (Å²) in [6.45, 7) is 6.67. The van der Waals surface area contributed by atoms with Crippen LogP contribution in [0.3, 0.4) is 0 Å². The molecule has 3 nitrogen and oxygen atoms in total. The SMILES string of the molecule is Cc1nc2ccccc2n1C1CCCC(C)(C)C1N. The van der Waals surface area contributed by atoms with Gasteiger partial charge >= 0.3 is 0 Å². The monoisotopic (exact) mass is 257 g/mol. The van der Waals surface area contributed by atoms with Gasteiger partial charge in [0.25, 0.3) is 0 Å². The van der Waals surface area contributed by atoms with Crippen molar-refractivity contribution < 1.29 is 0 Å². The summed E-state index contributed by atoms with van der Waals surface area (Å²) in [7, 11) is 0. The number of fused-ring (bicyclic) bond motifs is 1. The number of imidazole rings is 1. The highest BCUT2D eigenvalue weighted by Crippen LogP contribution is 2.41. The Labute approximate surface area is 114 Å². The van der Waals surface area contributed by atoms with E-state index in [1.165, 1.54) is 18.4 Å². The quantitative estimate of drug-likeness (QED) is 0.850. The molecule has 1 fully saturated rings. The number of rotatable bonds is 1. The summed E-state index contributed by atoms with van der Waals surface area (Å²) in [5.41, 5.74) is 9.07. The Bertz CT molecular complexity index is 597. The van der Waals surface area contributed by atoms with Gasteiger partial charge in [0, 0.05) is 6.04 Å². The van der Waals surface area contributed by atoms with Crippen LogP contribution in [0.25, 0.3) is 11.0 Å². The zero-order valence-corrected chi connectivity index (χ0v) is 12.1. The molecule has 1 aliphatic rings. The van der Waals surface area contributed by atoms with Crippen molar-refractivity contribution in [2.24, 2.45) is 11.1 Å². The van der Waals surface area contributed by atoms with Gasteiger partial charge in [-0.15, -0.1) is 0 Å². The molecule has 1 saturated carbocycles. The molecule has 102 valence electrons. The number of aromatic nitrogens is 2. The Morgan fingerprint density at radius 1 is 1.32 bits per heavy atom. The average molecular weight is 257 g/mol. The second kappa shape index (κ2) is 4.34. The minimum Gasteiger partial charge on any atom is -0.325 e. The summed E-state index contributed by atoms with van der Waals surface area (Å²) < 4.78 is 2.36. The standard InChI is InChI=1S/C16H23N3/c1-11-18-12-7-4-5-8-13(12)19(11)14-9-6-10-16(2,3)15(14)17/h4-5,7-8,14-15H,6,9-10,17H2,1-3H3. The van der Waals surface area contributed by atoms with Gasteiger partial charge in [-0.2, -0.15) is 0 Å². The topological polar surface area (TPSA) is 43.8 Å². The molecule has 2 N–H and O–H groups in total. The second-order valence-electron chi connectivity index (χ2n) is 6.49. The molecule has 3 rings (SSSR count). The van der Waals surface area contributed by atoms with Gasteiger partial charge in [0.2, 0.25) is 0 Å². The predicted octanol–water partition coefficient (Wildman–Crippen LogP) is 3.42. The van der Waals surface area contributed by atoms with E-state index in [-0.39, 0.29) is 11.5 Å². The van der Waals surface area contributed by atoms with Crippen LogP contribution in [-0.2, 0) is 0 Å². The lowest BCUT2D eigenvalue weighted by molar-refractivity contribution is 0.144. The van der Waals surface area contributed by atoms with Gasteiger partial charge in [-0.05, 0) is 37.3 Å². The summed E-state index contributed by atoms with van der Waals surface area (Å²) in [5.74, 6) is 1.08. The Balaban J connectivity index is 2.11. The third-order valence-electron chi connectivity index (χ3n) is 4.74. The smallest absolute Gasteiger partial charge is 0.107 e. The molecule has 1 heterocycles. The van der Waals surface area contributed by atoms with E-state index in [4.69, 9.17) is 5.73 Å². The van der Waals surface area contributed by atoms with Crippen LogP contribution in [0.2, 0.25) is 0 Å². The van der Waals surface area contributed by atoms with Crippen molar-refractivity contribution in [2.45, 2.75) is 52.1 Å². The van der Waals surface area contributed by atoms with E-state index in [0.717, 1.165) is 17.8 Å². The Hall–Kier alpha value is -1.35. The van der Waals surface area contributed by atoms with E-state index in [9.17, 15) is 0 Å². The van der Waals surface area contributed by atoms with Crippen molar-refractivity contribution in [1.82, 2.24) is 9.55 Å². The van der Waals surface area contributed by atoms with Gasteiger partial charge in [-0.25, -0.2) is 4.98 Å². The first-order valence-corrected chi connectivity index (χ1v) is 7.20. The molecule has 2 atom stereocenters. The predicted molar refractivity (Wildman–Crippen MR) is 79.1 cm³/mol. The average Bonchev–Trinajstić information content (AvgIpc) is 2.69. The maximum absolute atomic E-state index is 6.56. The minimum atomic E-state index is 0.192. The summed E-state index contributed by atoms with van der Waals surface area (Å²) in [6.07, 6.45) is 3.62. The number of aryl methyl sites for hydroxylation is 1. The summed E-state index contributed by atoms with van der Waals surface area (Å²) >= 11 is 0. The molecule has 1 aliphatic carbocycles. The van der Waals surface area contributed by atoms with E-state index in [1.807, 2.05) is 6.07 Å². The molecule has 1 aromatic heterocycles. The molecule has 2 aromatic rings. The van der Waals surface area contributed by atoms with Crippen LogP contribution in [0.5, 0.6) is 0 Å². The molecule has 0 aliphatic heterocycles. The normalized spacial score (nSPS) is 26.7. The van der Waals surface area contributed by atoms with Crippen molar-refractivity contribution in [2.75, 3.05) is 0 Å². The van der Waals surface area contributed by atoms with Crippen LogP contribution in [0.1, 0.15) is 45.0 Å². The van der Waals surface area contributed by atoms with Gasteiger partial charge in [0.1, 0.15) is 5.82 Å². The molecule has 0 amide bonds. The molecule has 3 heteroatoms. The van der Waals surface area contributed by atoms with Crippen molar-refractivity contribution in [3.8, 4) is 0 Å². The van der Waals surface area contributed by atoms with E-state index < -0.39 is 0 Å². The third-order valence-corrected chi connectivity index (χ3v) is 4.74. The number of benzene rings is 1. The van der Waals surface area contributed by atoms with Gasteiger partial charge in [0.05, 0.1) is 17.1 Å². The molecule has 2 unspecified atom stereocenters. The third kappa shape index (κ3) is 1.96. The Kier molecular flexibility index (Phi) is 2.90. The minimum absolute atomic E-state index is 0.192. The first kappa shape index (κ1) is 12.7. The molecule has 0 radical (unpaired) electrons. The van der Waals surface area contributed by atoms with Crippen molar-refractivity contribution >= 4 is 11.0 Å². The lowest BCUT2D eigenvalue weighted by Gasteiger charge is -2.42. The fourth-order valence-corrected chi connectivity index (χ4v) is 3.51. The number of hydrogen-bond acceptors (Lipinski definition) is 2. The molecule has 1 aromatic carbocycles. The summed E-state index contributed by atoms with van der Waals surface area (Å²) in [6, 6.07) is 8.93. The van der Waals surface area contributed by atoms with Crippen LogP contribution in [0.4, 0.5) is 0 Å². The van der Waals surface area contributed by atoms with Crippen LogP contribution >= 0.6 is 0 Å². The highest BCUT2D eigenvalue weighted by Gasteiger charge is 2.38. The maximum atomic E-state index is 6.56. The first-order chi connectivity index (χ1) is 9.00. The Morgan fingerprint density at radius 2 is 2.05 bits per heavy atom. The zero-order valence-electron chi connectivity index (χ0n) is 12.1. The van der Waals surface area contributed by atoms with Crippen molar-refractivity contribution in [3.63, 3.8) is 0 Å². The number of nitrogens with zero attached hydrogens (tertiary/aromatic N) is 2. The highest BCUT2D eigenvalue weighted by molar-refractivity contribution is 5.76. The van der Waals surface area contributed by atoms with Gasteiger partial charge in [0.15, 0.2) is 0 Å². The van der Waals surface area contributed by atoms with E-state index in [0.29, 0.717) is 6.04 Å². The largest absolute Gasteiger partial charge is 0.325 e. The molecular weight excluding hydrogens is 234 g/mol. The zero-order chi connectivity index (χ0) is 13.6. The lowest BCUT2D eigenvalue weighted by Crippen LogP contribution is -2.47. The lowest BCUT2D eigenvalue weighted by atomic mass is 9.71. The van der Waals surface area contributed by atoms with E-state index >= 15 is 0 Å².